The minimum Gasteiger partial charge on any atom is -0.497 e. The molecule has 0 spiro atoms. The van der Waals surface area contributed by atoms with Crippen LogP contribution < -0.4 is 24.2 Å². The van der Waals surface area contributed by atoms with Gasteiger partial charge in [-0.3, -0.25) is 9.52 Å². The van der Waals surface area contributed by atoms with E-state index in [1.807, 2.05) is 13.0 Å². The van der Waals surface area contributed by atoms with Gasteiger partial charge in [0.05, 0.1) is 32.3 Å². The van der Waals surface area contributed by atoms with Crippen molar-refractivity contribution in [3.8, 4) is 17.2 Å². The second kappa shape index (κ2) is 11.4. The Bertz CT molecular complexity index is 1290. The first kappa shape index (κ1) is 25.6. The normalized spacial score (nSPS) is 12.1. The van der Waals surface area contributed by atoms with Crippen LogP contribution in [-0.4, -0.2) is 35.7 Å². The van der Waals surface area contributed by atoms with Crippen molar-refractivity contribution >= 4 is 27.7 Å². The molecule has 0 saturated carbocycles. The molecule has 3 aromatic carbocycles. The number of sulfonamides is 1. The van der Waals surface area contributed by atoms with Gasteiger partial charge in [0, 0.05) is 17.3 Å². The van der Waals surface area contributed by atoms with Crippen LogP contribution in [0.25, 0.3) is 6.08 Å². The fourth-order valence-corrected chi connectivity index (χ4v) is 4.38. The third-order valence-corrected chi connectivity index (χ3v) is 6.62. The van der Waals surface area contributed by atoms with Gasteiger partial charge in [0.2, 0.25) is 5.91 Å². The van der Waals surface area contributed by atoms with Gasteiger partial charge in [-0.25, -0.2) is 8.42 Å². The third-order valence-electron chi connectivity index (χ3n) is 5.22. The number of ether oxygens (including phenoxy) is 3. The number of rotatable bonds is 10. The Morgan fingerprint density at radius 2 is 1.49 bits per heavy atom. The van der Waals surface area contributed by atoms with E-state index in [9.17, 15) is 13.2 Å². The summed E-state index contributed by atoms with van der Waals surface area (Å²) in [6.07, 6.45) is 3.00. The average molecular weight is 497 g/mol. The molecule has 1 atom stereocenters. The maximum absolute atomic E-state index is 12.6. The minimum absolute atomic E-state index is 0.105. The molecule has 0 fully saturated rings. The van der Waals surface area contributed by atoms with Gasteiger partial charge in [-0.15, -0.1) is 0 Å². The number of carbonyl (C=O) groups excluding carboxylic acids is 1. The minimum atomic E-state index is -3.76. The highest BCUT2D eigenvalue weighted by Gasteiger charge is 2.15. The summed E-state index contributed by atoms with van der Waals surface area (Å²) in [5.41, 5.74) is 1.89. The maximum Gasteiger partial charge on any atom is 0.261 e. The van der Waals surface area contributed by atoms with Gasteiger partial charge in [0.25, 0.3) is 10.0 Å². The largest absolute Gasteiger partial charge is 0.497 e. The third kappa shape index (κ3) is 6.77. The average Bonchev–Trinajstić information content (AvgIpc) is 2.87. The van der Waals surface area contributed by atoms with Gasteiger partial charge in [-0.05, 0) is 73.2 Å². The number of hydrogen-bond acceptors (Lipinski definition) is 6. The number of nitrogens with one attached hydrogen (secondary N) is 2. The van der Waals surface area contributed by atoms with Crippen LogP contribution in [0.15, 0.2) is 77.7 Å². The Balaban J connectivity index is 1.64. The van der Waals surface area contributed by atoms with Crippen LogP contribution in [-0.2, 0) is 14.8 Å². The lowest BCUT2D eigenvalue weighted by atomic mass is 10.1. The monoisotopic (exact) mass is 496 g/mol. The van der Waals surface area contributed by atoms with Crippen LogP contribution in [0.3, 0.4) is 0 Å². The van der Waals surface area contributed by atoms with E-state index in [2.05, 4.69) is 10.0 Å². The molecule has 3 aromatic rings. The van der Waals surface area contributed by atoms with E-state index >= 15 is 0 Å². The first-order chi connectivity index (χ1) is 16.7. The predicted octanol–water partition coefficient (Wildman–Crippen LogP) is 4.40. The van der Waals surface area contributed by atoms with Crippen molar-refractivity contribution in [1.29, 1.82) is 0 Å². The summed E-state index contributed by atoms with van der Waals surface area (Å²) in [6.45, 7) is 1.85. The van der Waals surface area contributed by atoms with Crippen molar-refractivity contribution in [1.82, 2.24) is 5.32 Å². The van der Waals surface area contributed by atoms with Gasteiger partial charge in [0.15, 0.2) is 0 Å². The molecule has 0 heterocycles. The van der Waals surface area contributed by atoms with Crippen molar-refractivity contribution in [3.63, 3.8) is 0 Å². The number of benzene rings is 3. The molecular formula is C26H28N2O6S. The van der Waals surface area contributed by atoms with Crippen molar-refractivity contribution in [2.24, 2.45) is 0 Å². The Hall–Kier alpha value is -3.98. The summed E-state index contributed by atoms with van der Waals surface area (Å²) in [5, 5.41) is 2.89. The van der Waals surface area contributed by atoms with Crippen LogP contribution in [0, 0.1) is 0 Å². The zero-order chi connectivity index (χ0) is 25.4. The molecule has 9 heteroatoms. The number of amides is 1. The number of methoxy groups -OCH3 is 3. The zero-order valence-corrected chi connectivity index (χ0v) is 20.8. The van der Waals surface area contributed by atoms with E-state index in [1.54, 1.807) is 68.8 Å². The highest BCUT2D eigenvalue weighted by atomic mass is 32.2. The molecule has 8 nitrogen and oxygen atoms in total. The summed E-state index contributed by atoms with van der Waals surface area (Å²) in [6, 6.07) is 17.8. The summed E-state index contributed by atoms with van der Waals surface area (Å²) in [4.78, 5) is 12.5. The lowest BCUT2D eigenvalue weighted by Gasteiger charge is -2.17. The number of carbonyl (C=O) groups is 1. The summed E-state index contributed by atoms with van der Waals surface area (Å²) in [7, 11) is 0.921. The summed E-state index contributed by atoms with van der Waals surface area (Å²) >= 11 is 0. The van der Waals surface area contributed by atoms with Crippen molar-refractivity contribution in [2.45, 2.75) is 17.9 Å². The van der Waals surface area contributed by atoms with E-state index in [0.29, 0.717) is 28.5 Å². The van der Waals surface area contributed by atoms with Crippen molar-refractivity contribution < 1.29 is 27.4 Å². The molecule has 0 aliphatic carbocycles. The van der Waals surface area contributed by atoms with Crippen molar-refractivity contribution in [2.75, 3.05) is 26.1 Å². The van der Waals surface area contributed by atoms with E-state index in [0.717, 1.165) is 5.56 Å². The lowest BCUT2D eigenvalue weighted by Crippen LogP contribution is -2.25. The fourth-order valence-electron chi connectivity index (χ4n) is 3.32. The Labute approximate surface area is 205 Å². The Morgan fingerprint density at radius 3 is 2.09 bits per heavy atom. The van der Waals surface area contributed by atoms with E-state index < -0.39 is 10.0 Å². The topological polar surface area (TPSA) is 103 Å². The second-order valence-corrected chi connectivity index (χ2v) is 9.26. The molecule has 184 valence electrons. The molecule has 0 aliphatic rings. The number of hydrogen-bond donors (Lipinski definition) is 2. The summed E-state index contributed by atoms with van der Waals surface area (Å²) < 4.78 is 43.5. The Kier molecular flexibility index (Phi) is 8.38. The van der Waals surface area contributed by atoms with Gasteiger partial charge in [-0.1, -0.05) is 12.1 Å². The van der Waals surface area contributed by atoms with Crippen LogP contribution >= 0.6 is 0 Å². The van der Waals surface area contributed by atoms with Gasteiger partial charge in [0.1, 0.15) is 17.2 Å². The highest BCUT2D eigenvalue weighted by molar-refractivity contribution is 7.92. The molecular weight excluding hydrogens is 468 g/mol. The predicted molar refractivity (Wildman–Crippen MR) is 135 cm³/mol. The van der Waals surface area contributed by atoms with E-state index in [-0.39, 0.29) is 16.8 Å². The standard InChI is InChI=1S/C26H28N2O6S/c1-18(24-17-22(33-3)12-15-25(24)34-4)27-26(29)16-7-19-5-13-23(14-6-19)35(30,31)28-20-8-10-21(32-2)11-9-20/h5-18,28H,1-4H3,(H,27,29)/b16-7+. The summed E-state index contributed by atoms with van der Waals surface area (Å²) in [5.74, 6) is 1.63. The molecule has 0 saturated heterocycles. The maximum atomic E-state index is 12.6. The lowest BCUT2D eigenvalue weighted by molar-refractivity contribution is -0.117. The molecule has 0 aliphatic heterocycles. The smallest absolute Gasteiger partial charge is 0.261 e. The van der Waals surface area contributed by atoms with Crippen LogP contribution in [0.1, 0.15) is 24.1 Å². The quantitative estimate of drug-likeness (QED) is 0.403. The molecule has 35 heavy (non-hydrogen) atoms. The molecule has 3 rings (SSSR count). The van der Waals surface area contributed by atoms with Gasteiger partial charge >= 0.3 is 0 Å². The first-order valence-corrected chi connectivity index (χ1v) is 12.2. The van der Waals surface area contributed by atoms with Gasteiger partial charge < -0.3 is 19.5 Å². The van der Waals surface area contributed by atoms with Crippen LogP contribution in [0.5, 0.6) is 17.2 Å². The van der Waals surface area contributed by atoms with E-state index in [1.165, 1.54) is 25.3 Å². The van der Waals surface area contributed by atoms with Gasteiger partial charge in [-0.2, -0.15) is 0 Å². The van der Waals surface area contributed by atoms with E-state index in [4.69, 9.17) is 14.2 Å². The number of anilines is 1. The zero-order valence-electron chi connectivity index (χ0n) is 19.9. The highest BCUT2D eigenvalue weighted by Crippen LogP contribution is 2.29. The molecule has 0 radical (unpaired) electrons. The molecule has 0 aromatic heterocycles. The Morgan fingerprint density at radius 1 is 0.857 bits per heavy atom. The molecule has 1 amide bonds. The van der Waals surface area contributed by atoms with Crippen molar-refractivity contribution in [3.05, 3.63) is 83.9 Å². The SMILES string of the molecule is COc1ccc(NS(=O)(=O)c2ccc(/C=C/C(=O)NC(C)c3cc(OC)ccc3OC)cc2)cc1. The van der Waals surface area contributed by atoms with Crippen LogP contribution in [0.2, 0.25) is 0 Å². The second-order valence-electron chi connectivity index (χ2n) is 7.57. The molecule has 2 N–H and O–H groups in total. The molecule has 0 bridgehead atoms. The first-order valence-electron chi connectivity index (χ1n) is 10.7. The fraction of sp³-hybridized carbons (Fsp3) is 0.192. The van der Waals surface area contributed by atoms with Crippen LogP contribution in [0.4, 0.5) is 5.69 Å². The molecule has 1 unspecified atom stereocenters.